The fraction of sp³-hybridized carbons (Fsp3) is 0.154. The summed E-state index contributed by atoms with van der Waals surface area (Å²) in [6.07, 6.45) is 0.865. The summed E-state index contributed by atoms with van der Waals surface area (Å²) in [6, 6.07) is 26.2. The second-order valence-corrected chi connectivity index (χ2v) is 8.35. The van der Waals surface area contributed by atoms with Crippen LogP contribution in [0, 0.1) is 12.3 Å². The van der Waals surface area contributed by atoms with Gasteiger partial charge in [0.15, 0.2) is 5.76 Å². The summed E-state index contributed by atoms with van der Waals surface area (Å²) in [4.78, 5) is 0. The van der Waals surface area contributed by atoms with Gasteiger partial charge in [0.05, 0.1) is 22.6 Å². The van der Waals surface area contributed by atoms with Crippen molar-refractivity contribution in [3.8, 4) is 11.3 Å². The molecule has 5 rings (SSSR count). The number of benzene rings is 3. The average Bonchev–Trinajstić information content (AvgIpc) is 3.37. The molecule has 0 fully saturated rings. The highest BCUT2D eigenvalue weighted by atomic mass is 35.5. The van der Waals surface area contributed by atoms with Crippen LogP contribution in [0.15, 0.2) is 83.4 Å². The van der Waals surface area contributed by atoms with E-state index in [0.29, 0.717) is 28.6 Å². The molecule has 0 aliphatic carbocycles. The van der Waals surface area contributed by atoms with Crippen LogP contribution in [-0.4, -0.2) is 14.3 Å². The largest absolute Gasteiger partial charge is 0.359 e. The molecule has 0 radical (unpaired) electrons. The number of nitrogens with one attached hydrogen (secondary N) is 1. The lowest BCUT2D eigenvalue weighted by Gasteiger charge is -2.05. The highest BCUT2D eigenvalue weighted by Crippen LogP contribution is 2.27. The first-order valence-electron chi connectivity index (χ1n) is 10.6. The lowest BCUT2D eigenvalue weighted by Crippen LogP contribution is -2.25. The summed E-state index contributed by atoms with van der Waals surface area (Å²) in [5.74, 6) is 0.680. The number of imidazole rings is 1. The lowest BCUT2D eigenvalue weighted by atomic mass is 10.1. The number of halogens is 1. The summed E-state index contributed by atoms with van der Waals surface area (Å²) >= 11 is 6.31. The zero-order chi connectivity index (χ0) is 22.1. The molecule has 0 spiro atoms. The Balaban J connectivity index is 1.46. The molecule has 0 amide bonds. The third-order valence-corrected chi connectivity index (χ3v) is 6.07. The molecule has 32 heavy (non-hydrogen) atoms. The third kappa shape index (κ3) is 3.87. The number of rotatable bonds is 6. The van der Waals surface area contributed by atoms with Crippen molar-refractivity contribution in [3.05, 3.63) is 106 Å². The van der Waals surface area contributed by atoms with Crippen LogP contribution in [0.3, 0.4) is 0 Å². The van der Waals surface area contributed by atoms with Gasteiger partial charge in [0.25, 0.3) is 0 Å². The Hall–Kier alpha value is -3.57. The Morgan fingerprint density at radius 3 is 2.34 bits per heavy atom. The molecule has 2 aromatic heterocycles. The molecule has 0 aliphatic heterocycles. The summed E-state index contributed by atoms with van der Waals surface area (Å²) < 4.78 is 9.63. The number of hydrogen-bond acceptors (Lipinski definition) is 3. The molecule has 6 heteroatoms. The van der Waals surface area contributed by atoms with Gasteiger partial charge in [-0.2, -0.15) is 0 Å². The Kier molecular flexibility index (Phi) is 5.41. The lowest BCUT2D eigenvalue weighted by molar-refractivity contribution is 0.376. The van der Waals surface area contributed by atoms with E-state index < -0.39 is 0 Å². The van der Waals surface area contributed by atoms with E-state index >= 15 is 0 Å². The molecule has 0 bridgehead atoms. The molecule has 3 aromatic carbocycles. The molecule has 0 saturated heterocycles. The maximum Gasteiger partial charge on any atom is 0.203 e. The predicted molar refractivity (Wildman–Crippen MR) is 127 cm³/mol. The zero-order valence-corrected chi connectivity index (χ0v) is 18.5. The van der Waals surface area contributed by atoms with Crippen molar-refractivity contribution in [2.75, 3.05) is 0 Å². The van der Waals surface area contributed by atoms with E-state index in [1.54, 1.807) is 0 Å². The minimum Gasteiger partial charge on any atom is -0.359 e. The molecule has 160 valence electrons. The SMILES string of the molecule is Cc1ccc(CCn2c(=N)n(Cc3cc(-c4ccccc4Cl)no3)c3ccccc32)cc1. The molecule has 5 nitrogen and oxygen atoms in total. The summed E-state index contributed by atoms with van der Waals surface area (Å²) in [5.41, 5.74) is 6.52. The van der Waals surface area contributed by atoms with Gasteiger partial charge >= 0.3 is 0 Å². The Labute approximate surface area is 191 Å². The van der Waals surface area contributed by atoms with E-state index in [9.17, 15) is 0 Å². The van der Waals surface area contributed by atoms with Gasteiger partial charge in [-0.15, -0.1) is 0 Å². The van der Waals surface area contributed by atoms with E-state index in [2.05, 4.69) is 47.0 Å². The van der Waals surface area contributed by atoms with E-state index in [1.807, 2.05) is 53.1 Å². The van der Waals surface area contributed by atoms with Crippen LogP contribution in [0.1, 0.15) is 16.9 Å². The van der Waals surface area contributed by atoms with Crippen molar-refractivity contribution in [2.45, 2.75) is 26.4 Å². The molecule has 2 heterocycles. The molecule has 0 aliphatic rings. The van der Waals surface area contributed by atoms with Gasteiger partial charge in [0.1, 0.15) is 5.69 Å². The smallest absolute Gasteiger partial charge is 0.203 e. The van der Waals surface area contributed by atoms with Crippen molar-refractivity contribution in [3.63, 3.8) is 0 Å². The maximum atomic E-state index is 8.87. The van der Waals surface area contributed by atoms with Crippen LogP contribution in [0.4, 0.5) is 0 Å². The first kappa shape index (κ1) is 20.3. The number of para-hydroxylation sites is 2. The molecule has 0 atom stereocenters. The number of aryl methyl sites for hydroxylation is 3. The van der Waals surface area contributed by atoms with Gasteiger partial charge in [-0.05, 0) is 37.1 Å². The van der Waals surface area contributed by atoms with Gasteiger partial charge in [-0.1, -0.05) is 76.9 Å². The van der Waals surface area contributed by atoms with Crippen molar-refractivity contribution in [1.82, 2.24) is 14.3 Å². The van der Waals surface area contributed by atoms with Crippen molar-refractivity contribution >= 4 is 22.6 Å². The van der Waals surface area contributed by atoms with E-state index in [4.69, 9.17) is 21.5 Å². The van der Waals surface area contributed by atoms with Gasteiger partial charge in [-0.25, -0.2) is 0 Å². The zero-order valence-electron chi connectivity index (χ0n) is 17.8. The average molecular weight is 443 g/mol. The minimum absolute atomic E-state index is 0.425. The summed E-state index contributed by atoms with van der Waals surface area (Å²) in [5, 5.41) is 13.7. The van der Waals surface area contributed by atoms with Gasteiger partial charge in [-0.3, -0.25) is 5.41 Å². The number of aromatic nitrogens is 3. The molecule has 0 unspecified atom stereocenters. The monoisotopic (exact) mass is 442 g/mol. The van der Waals surface area contributed by atoms with Crippen LogP contribution in [0.2, 0.25) is 5.02 Å². The maximum absolute atomic E-state index is 8.87. The molecular weight excluding hydrogens is 420 g/mol. The first-order chi connectivity index (χ1) is 15.6. The van der Waals surface area contributed by atoms with E-state index in [1.165, 1.54) is 11.1 Å². The molecular formula is C26H23ClN4O. The Morgan fingerprint density at radius 2 is 1.59 bits per heavy atom. The molecule has 0 saturated carbocycles. The van der Waals surface area contributed by atoms with Crippen molar-refractivity contribution in [2.24, 2.45) is 0 Å². The van der Waals surface area contributed by atoms with Gasteiger partial charge < -0.3 is 13.7 Å². The van der Waals surface area contributed by atoms with Gasteiger partial charge in [0.2, 0.25) is 5.62 Å². The van der Waals surface area contributed by atoms with Crippen LogP contribution in [-0.2, 0) is 19.5 Å². The number of fused-ring (bicyclic) bond motifs is 1. The quantitative estimate of drug-likeness (QED) is 0.359. The third-order valence-electron chi connectivity index (χ3n) is 5.74. The van der Waals surface area contributed by atoms with Crippen molar-refractivity contribution < 1.29 is 4.52 Å². The van der Waals surface area contributed by atoms with Crippen LogP contribution in [0.25, 0.3) is 22.3 Å². The Bertz CT molecular complexity index is 1440. The predicted octanol–water partition coefficient (Wildman–Crippen LogP) is 5.83. The fourth-order valence-electron chi connectivity index (χ4n) is 4.02. The minimum atomic E-state index is 0.425. The standard InChI is InChI=1S/C26H23ClN4O/c1-18-10-12-19(13-11-18)14-15-30-24-8-4-5-9-25(24)31(26(30)28)17-20-16-23(29-32-20)21-6-2-3-7-22(21)27/h2-13,16,28H,14-15,17H2,1H3. The summed E-state index contributed by atoms with van der Waals surface area (Å²) in [6.45, 7) is 3.25. The van der Waals surface area contributed by atoms with E-state index in [0.717, 1.165) is 29.6 Å². The highest BCUT2D eigenvalue weighted by Gasteiger charge is 2.15. The van der Waals surface area contributed by atoms with Crippen molar-refractivity contribution in [1.29, 1.82) is 5.41 Å². The summed E-state index contributed by atoms with van der Waals surface area (Å²) in [7, 11) is 0. The number of nitrogens with zero attached hydrogens (tertiary/aromatic N) is 3. The van der Waals surface area contributed by atoms with Crippen LogP contribution in [0.5, 0.6) is 0 Å². The molecule has 5 aromatic rings. The normalized spacial score (nSPS) is 11.3. The topological polar surface area (TPSA) is 59.7 Å². The highest BCUT2D eigenvalue weighted by molar-refractivity contribution is 6.33. The van der Waals surface area contributed by atoms with Crippen LogP contribution < -0.4 is 5.62 Å². The fourth-order valence-corrected chi connectivity index (χ4v) is 4.25. The van der Waals surface area contributed by atoms with E-state index in [-0.39, 0.29) is 0 Å². The second-order valence-electron chi connectivity index (χ2n) is 7.94. The van der Waals surface area contributed by atoms with Gasteiger partial charge in [0, 0.05) is 18.2 Å². The first-order valence-corrected chi connectivity index (χ1v) is 11.0. The number of hydrogen-bond donors (Lipinski definition) is 1. The van der Waals surface area contributed by atoms with Crippen LogP contribution >= 0.6 is 11.6 Å². The molecule has 1 N–H and O–H groups in total. The second kappa shape index (κ2) is 8.52. The Morgan fingerprint density at radius 1 is 0.906 bits per heavy atom.